The number of carbonyl (C=O) groups excluding carboxylic acids is 1. The van der Waals surface area contributed by atoms with Gasteiger partial charge in [-0.15, -0.1) is 0 Å². The molecule has 3 aromatic rings. The number of fused-ring (bicyclic) bond motifs is 1. The molecule has 1 aliphatic carbocycles. The van der Waals surface area contributed by atoms with E-state index in [4.69, 9.17) is 11.6 Å². The maximum Gasteiger partial charge on any atom is 0.228 e. The molecular formula is C20H18ClN3O. The third-order valence-corrected chi connectivity index (χ3v) is 5.22. The molecule has 1 aliphatic rings. The number of aryl methyl sites for hydroxylation is 1. The number of pyridine rings is 2. The molecule has 1 fully saturated rings. The van der Waals surface area contributed by atoms with Crippen LogP contribution in [-0.2, 0) is 4.79 Å². The van der Waals surface area contributed by atoms with E-state index in [-0.39, 0.29) is 11.8 Å². The van der Waals surface area contributed by atoms with Gasteiger partial charge in [0.1, 0.15) is 5.82 Å². The first-order valence-electron chi connectivity index (χ1n) is 8.35. The highest BCUT2D eigenvalue weighted by atomic mass is 35.5. The molecule has 1 amide bonds. The SMILES string of the molecule is Cc1ccncc1-c1cc2cc(NC(=O)C3CC3)ncc2c(Cl)c1C. The minimum absolute atomic E-state index is 0.0494. The average molecular weight is 352 g/mol. The molecule has 0 saturated heterocycles. The molecule has 0 aliphatic heterocycles. The minimum atomic E-state index is 0.0494. The lowest BCUT2D eigenvalue weighted by molar-refractivity contribution is -0.117. The van der Waals surface area contributed by atoms with Crippen molar-refractivity contribution in [3.63, 3.8) is 0 Å². The molecule has 25 heavy (non-hydrogen) atoms. The number of hydrogen-bond acceptors (Lipinski definition) is 3. The highest BCUT2D eigenvalue weighted by Crippen LogP contribution is 2.37. The van der Waals surface area contributed by atoms with E-state index >= 15 is 0 Å². The monoisotopic (exact) mass is 351 g/mol. The van der Waals surface area contributed by atoms with Crippen molar-refractivity contribution in [2.24, 2.45) is 5.92 Å². The molecule has 2 heterocycles. The second-order valence-electron chi connectivity index (χ2n) is 6.61. The summed E-state index contributed by atoms with van der Waals surface area (Å²) in [4.78, 5) is 20.6. The van der Waals surface area contributed by atoms with Crippen molar-refractivity contribution >= 4 is 34.1 Å². The molecule has 0 radical (unpaired) electrons. The van der Waals surface area contributed by atoms with Gasteiger partial charge < -0.3 is 5.32 Å². The van der Waals surface area contributed by atoms with E-state index in [9.17, 15) is 4.79 Å². The van der Waals surface area contributed by atoms with Crippen molar-refractivity contribution in [1.29, 1.82) is 0 Å². The fourth-order valence-electron chi connectivity index (χ4n) is 3.03. The standard InChI is InChI=1S/C20H18ClN3O/c1-11-5-6-22-9-16(11)15-7-14-8-18(24-20(25)13-3-4-13)23-10-17(14)19(21)12(15)2/h5-10,13H,3-4H2,1-2H3,(H,23,24,25). The van der Waals surface area contributed by atoms with Gasteiger partial charge in [-0.05, 0) is 67.0 Å². The van der Waals surface area contributed by atoms with Gasteiger partial charge in [0.05, 0.1) is 5.02 Å². The summed E-state index contributed by atoms with van der Waals surface area (Å²) in [5.41, 5.74) is 4.25. The third kappa shape index (κ3) is 2.98. The number of nitrogens with one attached hydrogen (secondary N) is 1. The Balaban J connectivity index is 1.83. The molecular weight excluding hydrogens is 334 g/mol. The zero-order valence-electron chi connectivity index (χ0n) is 14.1. The van der Waals surface area contributed by atoms with Gasteiger partial charge in [0, 0.05) is 35.5 Å². The number of nitrogens with zero attached hydrogens (tertiary/aromatic N) is 2. The summed E-state index contributed by atoms with van der Waals surface area (Å²) in [6, 6.07) is 5.96. The molecule has 4 nitrogen and oxygen atoms in total. The highest BCUT2D eigenvalue weighted by Gasteiger charge is 2.29. The first kappa shape index (κ1) is 16.0. The van der Waals surface area contributed by atoms with E-state index in [0.29, 0.717) is 10.8 Å². The first-order valence-corrected chi connectivity index (χ1v) is 8.73. The lowest BCUT2D eigenvalue weighted by atomic mass is 9.95. The zero-order chi connectivity index (χ0) is 17.6. The Labute approximate surface area is 151 Å². The van der Waals surface area contributed by atoms with Crippen LogP contribution in [0.1, 0.15) is 24.0 Å². The molecule has 0 unspecified atom stereocenters. The van der Waals surface area contributed by atoms with Crippen LogP contribution in [0.4, 0.5) is 5.82 Å². The maximum absolute atomic E-state index is 12.0. The molecule has 5 heteroatoms. The molecule has 0 atom stereocenters. The molecule has 0 bridgehead atoms. The molecule has 4 rings (SSSR count). The summed E-state index contributed by atoms with van der Waals surface area (Å²) < 4.78 is 0. The van der Waals surface area contributed by atoms with Gasteiger partial charge in [0.15, 0.2) is 0 Å². The van der Waals surface area contributed by atoms with Gasteiger partial charge >= 0.3 is 0 Å². The Hall–Kier alpha value is -2.46. The number of anilines is 1. The van der Waals surface area contributed by atoms with Crippen molar-refractivity contribution in [2.75, 3.05) is 5.32 Å². The van der Waals surface area contributed by atoms with Crippen LogP contribution < -0.4 is 5.32 Å². The third-order valence-electron chi connectivity index (χ3n) is 4.73. The summed E-state index contributed by atoms with van der Waals surface area (Å²) in [5, 5.41) is 5.42. The van der Waals surface area contributed by atoms with Gasteiger partial charge in [-0.2, -0.15) is 0 Å². The first-order chi connectivity index (χ1) is 12.0. The summed E-state index contributed by atoms with van der Waals surface area (Å²) in [5.74, 6) is 0.763. The van der Waals surface area contributed by atoms with E-state index in [2.05, 4.69) is 28.3 Å². The van der Waals surface area contributed by atoms with Gasteiger partial charge in [0.25, 0.3) is 0 Å². The average Bonchev–Trinajstić information content (AvgIpc) is 3.44. The van der Waals surface area contributed by atoms with Crippen LogP contribution in [0.2, 0.25) is 5.02 Å². The van der Waals surface area contributed by atoms with Crippen molar-refractivity contribution in [3.8, 4) is 11.1 Å². The fourth-order valence-corrected chi connectivity index (χ4v) is 3.29. The van der Waals surface area contributed by atoms with Crippen LogP contribution in [-0.4, -0.2) is 15.9 Å². The Bertz CT molecular complexity index is 996. The lowest BCUT2D eigenvalue weighted by Gasteiger charge is -2.14. The van der Waals surface area contributed by atoms with E-state index in [1.807, 2.05) is 25.3 Å². The molecule has 2 aromatic heterocycles. The topological polar surface area (TPSA) is 54.9 Å². The van der Waals surface area contributed by atoms with Crippen LogP contribution in [0.15, 0.2) is 36.8 Å². The van der Waals surface area contributed by atoms with Gasteiger partial charge in [-0.25, -0.2) is 4.98 Å². The highest BCUT2D eigenvalue weighted by molar-refractivity contribution is 6.36. The number of amides is 1. The van der Waals surface area contributed by atoms with Crippen molar-refractivity contribution < 1.29 is 4.79 Å². The Morgan fingerprint density at radius 3 is 2.72 bits per heavy atom. The lowest BCUT2D eigenvalue weighted by Crippen LogP contribution is -2.14. The molecule has 0 spiro atoms. The normalized spacial score (nSPS) is 13.9. The maximum atomic E-state index is 12.0. The molecule has 1 N–H and O–H groups in total. The van der Waals surface area contributed by atoms with Crippen LogP contribution >= 0.6 is 11.6 Å². The summed E-state index contributed by atoms with van der Waals surface area (Å²) in [6.07, 6.45) is 7.31. The molecule has 126 valence electrons. The predicted molar refractivity (Wildman–Crippen MR) is 101 cm³/mol. The number of halogens is 1. The predicted octanol–water partition coefficient (Wildman–Crippen LogP) is 4.92. The number of rotatable bonds is 3. The van der Waals surface area contributed by atoms with Crippen molar-refractivity contribution in [2.45, 2.75) is 26.7 Å². The van der Waals surface area contributed by atoms with Gasteiger partial charge in [0.2, 0.25) is 5.91 Å². The number of aromatic nitrogens is 2. The Morgan fingerprint density at radius 2 is 2.00 bits per heavy atom. The summed E-state index contributed by atoms with van der Waals surface area (Å²) in [6.45, 7) is 4.06. The van der Waals surface area contributed by atoms with Crippen LogP contribution in [0.25, 0.3) is 21.9 Å². The van der Waals surface area contributed by atoms with Gasteiger partial charge in [-0.1, -0.05) is 11.6 Å². The molecule has 1 aromatic carbocycles. The van der Waals surface area contributed by atoms with E-state index < -0.39 is 0 Å². The second-order valence-corrected chi connectivity index (χ2v) is 6.99. The number of hydrogen-bond donors (Lipinski definition) is 1. The molecule has 1 saturated carbocycles. The zero-order valence-corrected chi connectivity index (χ0v) is 14.9. The second kappa shape index (κ2) is 6.12. The van der Waals surface area contributed by atoms with E-state index in [1.54, 1.807) is 12.4 Å². The summed E-state index contributed by atoms with van der Waals surface area (Å²) in [7, 11) is 0. The fraction of sp³-hybridized carbons (Fsp3) is 0.250. The van der Waals surface area contributed by atoms with E-state index in [0.717, 1.165) is 45.9 Å². The Morgan fingerprint density at radius 1 is 1.20 bits per heavy atom. The minimum Gasteiger partial charge on any atom is -0.310 e. The summed E-state index contributed by atoms with van der Waals surface area (Å²) >= 11 is 6.60. The van der Waals surface area contributed by atoms with Crippen LogP contribution in [0.3, 0.4) is 0 Å². The van der Waals surface area contributed by atoms with Crippen molar-refractivity contribution in [3.05, 3.63) is 52.9 Å². The van der Waals surface area contributed by atoms with Crippen molar-refractivity contribution in [1.82, 2.24) is 9.97 Å². The number of benzene rings is 1. The Kier molecular flexibility index (Phi) is 3.92. The van der Waals surface area contributed by atoms with E-state index in [1.165, 1.54) is 0 Å². The quantitative estimate of drug-likeness (QED) is 0.729. The number of carbonyl (C=O) groups is 1. The van der Waals surface area contributed by atoms with Gasteiger partial charge in [-0.3, -0.25) is 9.78 Å². The van der Waals surface area contributed by atoms with Crippen LogP contribution in [0.5, 0.6) is 0 Å². The van der Waals surface area contributed by atoms with Crippen LogP contribution in [0, 0.1) is 19.8 Å². The largest absolute Gasteiger partial charge is 0.310 e. The smallest absolute Gasteiger partial charge is 0.228 e.